The van der Waals surface area contributed by atoms with Crippen molar-refractivity contribution in [3.63, 3.8) is 0 Å². The second kappa shape index (κ2) is 8.49. The molecular formula is C23H21F3N4O2. The maximum absolute atomic E-state index is 12.8. The predicted molar refractivity (Wildman–Crippen MR) is 113 cm³/mol. The number of aliphatic carboxylic acids is 1. The van der Waals surface area contributed by atoms with E-state index in [9.17, 15) is 23.1 Å². The Kier molecular flexibility index (Phi) is 5.73. The fourth-order valence-electron chi connectivity index (χ4n) is 3.92. The number of benzene rings is 2. The standard InChI is InChI=1S/C23H21F3N4O2/c1-29(20-4-2-3-19(20)21(31)32)22-28-27-14-30(22)13-15-5-7-16(8-6-15)17-9-11-18(12-10-17)23(24,25)26/h5-12,14H,2-4,13H2,1H3,(H,31,32). The van der Waals surface area contributed by atoms with E-state index in [4.69, 9.17) is 0 Å². The maximum Gasteiger partial charge on any atom is 0.416 e. The SMILES string of the molecule is CN(C1=C(C(=O)O)CCC1)c1nncn1Cc1ccc(-c2ccc(C(F)(F)F)cc2)cc1. The molecule has 1 aromatic heterocycles. The lowest BCUT2D eigenvalue weighted by Crippen LogP contribution is -2.22. The van der Waals surface area contributed by atoms with Crippen LogP contribution in [-0.4, -0.2) is 32.9 Å². The van der Waals surface area contributed by atoms with Crippen LogP contribution in [0.4, 0.5) is 19.1 Å². The van der Waals surface area contributed by atoms with Crippen LogP contribution in [0.2, 0.25) is 0 Å². The van der Waals surface area contributed by atoms with Gasteiger partial charge in [-0.15, -0.1) is 10.2 Å². The normalized spacial score (nSPS) is 14.1. The second-order valence-electron chi connectivity index (χ2n) is 7.67. The summed E-state index contributed by atoms with van der Waals surface area (Å²) in [6, 6.07) is 12.6. The summed E-state index contributed by atoms with van der Waals surface area (Å²) >= 11 is 0. The number of anilines is 1. The summed E-state index contributed by atoms with van der Waals surface area (Å²) in [6.45, 7) is 0.468. The van der Waals surface area contributed by atoms with Crippen molar-refractivity contribution in [3.05, 3.63) is 77.3 Å². The first-order valence-corrected chi connectivity index (χ1v) is 10.1. The van der Waals surface area contributed by atoms with E-state index in [1.807, 2.05) is 28.8 Å². The fraction of sp³-hybridized carbons (Fsp3) is 0.261. The lowest BCUT2D eigenvalue weighted by atomic mass is 10.0. The Balaban J connectivity index is 1.51. The zero-order chi connectivity index (χ0) is 22.9. The second-order valence-corrected chi connectivity index (χ2v) is 7.67. The third kappa shape index (κ3) is 4.37. The molecule has 6 nitrogen and oxygen atoms in total. The molecule has 0 atom stereocenters. The number of hydrogen-bond donors (Lipinski definition) is 1. The number of allylic oxidation sites excluding steroid dienone is 1. The summed E-state index contributed by atoms with van der Waals surface area (Å²) < 4.78 is 40.1. The average molecular weight is 442 g/mol. The number of rotatable bonds is 6. The topological polar surface area (TPSA) is 71.2 Å². The van der Waals surface area contributed by atoms with Gasteiger partial charge in [0.15, 0.2) is 0 Å². The minimum atomic E-state index is -4.36. The van der Waals surface area contributed by atoms with Crippen molar-refractivity contribution >= 4 is 11.9 Å². The quantitative estimate of drug-likeness (QED) is 0.584. The zero-order valence-electron chi connectivity index (χ0n) is 17.3. The van der Waals surface area contributed by atoms with Crippen LogP contribution in [-0.2, 0) is 17.5 Å². The first-order chi connectivity index (χ1) is 15.2. The largest absolute Gasteiger partial charge is 0.478 e. The Bertz CT molecular complexity index is 1150. The molecule has 0 aliphatic heterocycles. The van der Waals surface area contributed by atoms with Crippen LogP contribution in [0.5, 0.6) is 0 Å². The van der Waals surface area contributed by atoms with Gasteiger partial charge in [-0.3, -0.25) is 4.57 Å². The first kappa shape index (κ1) is 21.6. The third-order valence-corrected chi connectivity index (χ3v) is 5.60. The molecule has 0 amide bonds. The molecule has 1 heterocycles. The highest BCUT2D eigenvalue weighted by Crippen LogP contribution is 2.32. The molecule has 3 aromatic rings. The van der Waals surface area contributed by atoms with Crippen molar-refractivity contribution < 1.29 is 23.1 Å². The molecule has 0 fully saturated rings. The molecular weight excluding hydrogens is 421 g/mol. The van der Waals surface area contributed by atoms with Gasteiger partial charge in [0.2, 0.25) is 5.95 Å². The number of carboxylic acid groups (broad SMARTS) is 1. The lowest BCUT2D eigenvalue weighted by Gasteiger charge is -2.21. The molecule has 2 aromatic carbocycles. The molecule has 0 radical (unpaired) electrons. The van der Waals surface area contributed by atoms with Crippen LogP contribution in [0.25, 0.3) is 11.1 Å². The summed E-state index contributed by atoms with van der Waals surface area (Å²) in [5.74, 6) is -0.360. The van der Waals surface area contributed by atoms with Crippen LogP contribution in [0, 0.1) is 0 Å². The molecule has 1 aliphatic rings. The van der Waals surface area contributed by atoms with E-state index < -0.39 is 17.7 Å². The van der Waals surface area contributed by atoms with Crippen molar-refractivity contribution in [3.8, 4) is 11.1 Å². The molecule has 0 saturated carbocycles. The highest BCUT2D eigenvalue weighted by molar-refractivity contribution is 5.89. The maximum atomic E-state index is 12.8. The van der Waals surface area contributed by atoms with Crippen molar-refractivity contribution in [2.45, 2.75) is 32.0 Å². The van der Waals surface area contributed by atoms with Crippen molar-refractivity contribution in [1.82, 2.24) is 14.8 Å². The minimum Gasteiger partial charge on any atom is -0.478 e. The van der Waals surface area contributed by atoms with E-state index in [0.29, 0.717) is 36.5 Å². The Morgan fingerprint density at radius 2 is 1.69 bits per heavy atom. The molecule has 1 N–H and O–H groups in total. The highest BCUT2D eigenvalue weighted by atomic mass is 19.4. The summed E-state index contributed by atoms with van der Waals surface area (Å²) in [6.07, 6.45) is -0.764. The molecule has 32 heavy (non-hydrogen) atoms. The molecule has 166 valence electrons. The van der Waals surface area contributed by atoms with Gasteiger partial charge >= 0.3 is 12.1 Å². The monoisotopic (exact) mass is 442 g/mol. The lowest BCUT2D eigenvalue weighted by molar-refractivity contribution is -0.137. The number of nitrogens with zero attached hydrogens (tertiary/aromatic N) is 4. The Hall–Kier alpha value is -3.62. The van der Waals surface area contributed by atoms with Crippen LogP contribution < -0.4 is 4.90 Å². The summed E-state index contributed by atoms with van der Waals surface area (Å²) in [4.78, 5) is 13.3. The smallest absolute Gasteiger partial charge is 0.416 e. The van der Waals surface area contributed by atoms with Gasteiger partial charge in [-0.25, -0.2) is 4.79 Å². The van der Waals surface area contributed by atoms with Gasteiger partial charge in [0.1, 0.15) is 6.33 Å². The Labute approximate surface area is 182 Å². The van der Waals surface area contributed by atoms with Crippen molar-refractivity contribution in [2.24, 2.45) is 0 Å². The number of halogens is 3. The van der Waals surface area contributed by atoms with Crippen molar-refractivity contribution in [2.75, 3.05) is 11.9 Å². The van der Waals surface area contributed by atoms with Gasteiger partial charge in [-0.2, -0.15) is 13.2 Å². The predicted octanol–water partition coefficient (Wildman–Crippen LogP) is 4.97. The number of alkyl halides is 3. The van der Waals surface area contributed by atoms with E-state index in [1.54, 1.807) is 18.3 Å². The van der Waals surface area contributed by atoms with Gasteiger partial charge in [0.25, 0.3) is 0 Å². The van der Waals surface area contributed by atoms with Crippen LogP contribution in [0.3, 0.4) is 0 Å². The van der Waals surface area contributed by atoms with E-state index in [0.717, 1.165) is 35.4 Å². The number of carboxylic acids is 1. The molecule has 9 heteroatoms. The van der Waals surface area contributed by atoms with E-state index in [2.05, 4.69) is 10.2 Å². The van der Waals surface area contributed by atoms with Crippen LogP contribution in [0.15, 0.2) is 66.1 Å². The summed E-state index contributed by atoms with van der Waals surface area (Å²) in [7, 11) is 1.79. The highest BCUT2D eigenvalue weighted by Gasteiger charge is 2.30. The first-order valence-electron chi connectivity index (χ1n) is 10.1. The van der Waals surface area contributed by atoms with Gasteiger partial charge in [-0.1, -0.05) is 36.4 Å². The van der Waals surface area contributed by atoms with Gasteiger partial charge < -0.3 is 10.0 Å². The zero-order valence-corrected chi connectivity index (χ0v) is 17.3. The molecule has 0 spiro atoms. The third-order valence-electron chi connectivity index (χ3n) is 5.60. The van der Waals surface area contributed by atoms with Crippen LogP contribution in [0.1, 0.15) is 30.4 Å². The number of carbonyl (C=O) groups is 1. The van der Waals surface area contributed by atoms with Gasteiger partial charge in [-0.05, 0) is 48.1 Å². The van der Waals surface area contributed by atoms with E-state index >= 15 is 0 Å². The van der Waals surface area contributed by atoms with E-state index in [1.165, 1.54) is 12.1 Å². The number of aromatic nitrogens is 3. The summed E-state index contributed by atoms with van der Waals surface area (Å²) in [5.41, 5.74) is 2.93. The Morgan fingerprint density at radius 3 is 2.28 bits per heavy atom. The number of hydrogen-bond acceptors (Lipinski definition) is 4. The molecule has 0 unspecified atom stereocenters. The fourth-order valence-corrected chi connectivity index (χ4v) is 3.92. The molecule has 0 bridgehead atoms. The molecule has 1 aliphatic carbocycles. The minimum absolute atomic E-state index is 0.406. The van der Waals surface area contributed by atoms with Gasteiger partial charge in [0.05, 0.1) is 17.7 Å². The average Bonchev–Trinajstić information content (AvgIpc) is 3.43. The van der Waals surface area contributed by atoms with Crippen molar-refractivity contribution in [1.29, 1.82) is 0 Å². The van der Waals surface area contributed by atoms with Crippen LogP contribution >= 0.6 is 0 Å². The van der Waals surface area contributed by atoms with E-state index in [-0.39, 0.29) is 0 Å². The summed E-state index contributed by atoms with van der Waals surface area (Å²) in [5, 5.41) is 17.6. The Morgan fingerprint density at radius 1 is 1.06 bits per heavy atom. The molecule has 0 saturated heterocycles. The van der Waals surface area contributed by atoms with Gasteiger partial charge in [0, 0.05) is 12.7 Å². The molecule has 4 rings (SSSR count).